The molecule has 0 fully saturated rings. The van der Waals surface area contributed by atoms with Gasteiger partial charge in [-0.3, -0.25) is 19.6 Å². The van der Waals surface area contributed by atoms with Crippen LogP contribution in [-0.2, 0) is 26.8 Å². The summed E-state index contributed by atoms with van der Waals surface area (Å²) in [5.41, 5.74) is -1.61. The molecule has 0 aromatic carbocycles. The Morgan fingerprint density at radius 2 is 1.81 bits per heavy atom. The molecule has 42 heavy (non-hydrogen) atoms. The molecule has 4 aromatic rings. The zero-order valence-electron chi connectivity index (χ0n) is 20.8. The number of halogens is 6. The van der Waals surface area contributed by atoms with Crippen molar-refractivity contribution in [3.05, 3.63) is 88.5 Å². The van der Waals surface area contributed by atoms with Crippen molar-refractivity contribution in [2.24, 2.45) is 0 Å². The van der Waals surface area contributed by atoms with E-state index in [1.807, 2.05) is 0 Å². The largest absolute Gasteiger partial charge is 0.491 e. The van der Waals surface area contributed by atoms with Crippen LogP contribution in [0.4, 0.5) is 27.8 Å². The fraction of sp³-hybridized carbons (Fsp3) is 0.217. The van der Waals surface area contributed by atoms with E-state index in [4.69, 9.17) is 11.6 Å². The van der Waals surface area contributed by atoms with Gasteiger partial charge in [-0.25, -0.2) is 24.0 Å². The van der Waals surface area contributed by atoms with Crippen LogP contribution in [0.15, 0.2) is 66.4 Å². The Labute approximate surface area is 236 Å². The minimum atomic E-state index is -5.57. The normalized spacial score (nSPS) is 12.4. The second-order valence-electron chi connectivity index (χ2n) is 8.16. The molecule has 1 unspecified atom stereocenters. The fourth-order valence-corrected chi connectivity index (χ4v) is 3.62. The van der Waals surface area contributed by atoms with Gasteiger partial charge in [0.15, 0.2) is 5.82 Å². The standard InChI is InChI=1S/C23H17ClF5N9O4/c24-16-9-33-17(35-10-22(25,26)15-5-1-2-6-32-15)19(40)38(16)20(42-21(41)23(27,28)29)18(39)34-8-13-14(4-3-7-31-13)37-12-30-11-36-37/h1-7,9,11-12,20H,8,10H2,(H,33,35)(H,34,39). The summed E-state index contributed by atoms with van der Waals surface area (Å²) in [6.45, 7) is -1.67. The van der Waals surface area contributed by atoms with Gasteiger partial charge in [0.2, 0.25) is 0 Å². The minimum absolute atomic E-state index is 0.144. The Morgan fingerprint density at radius 3 is 2.48 bits per heavy atom. The molecule has 2 N–H and O–H groups in total. The van der Waals surface area contributed by atoms with Gasteiger partial charge in [0, 0.05) is 12.4 Å². The quantitative estimate of drug-likeness (QED) is 0.201. The lowest BCUT2D eigenvalue weighted by molar-refractivity contribution is -0.209. The molecule has 4 aromatic heterocycles. The molecule has 13 nitrogen and oxygen atoms in total. The second-order valence-corrected chi connectivity index (χ2v) is 8.55. The average Bonchev–Trinajstić information content (AvgIpc) is 3.50. The highest BCUT2D eigenvalue weighted by atomic mass is 35.5. The lowest BCUT2D eigenvalue weighted by Crippen LogP contribution is -2.43. The maximum atomic E-state index is 14.6. The third kappa shape index (κ3) is 6.82. The van der Waals surface area contributed by atoms with Crippen LogP contribution in [0.3, 0.4) is 0 Å². The van der Waals surface area contributed by atoms with Gasteiger partial charge >= 0.3 is 18.1 Å². The van der Waals surface area contributed by atoms with Crippen molar-refractivity contribution in [1.29, 1.82) is 0 Å². The highest BCUT2D eigenvalue weighted by molar-refractivity contribution is 6.29. The molecule has 0 aliphatic heterocycles. The van der Waals surface area contributed by atoms with Crippen molar-refractivity contribution in [2.75, 3.05) is 11.9 Å². The number of ether oxygens (including phenoxy) is 1. The predicted octanol–water partition coefficient (Wildman–Crippen LogP) is 2.39. The molecule has 0 spiro atoms. The zero-order chi connectivity index (χ0) is 30.5. The number of hydrogen-bond donors (Lipinski definition) is 2. The summed E-state index contributed by atoms with van der Waals surface area (Å²) >= 11 is 5.97. The number of nitrogens with one attached hydrogen (secondary N) is 2. The van der Waals surface area contributed by atoms with Crippen molar-refractivity contribution >= 4 is 29.3 Å². The molecule has 220 valence electrons. The first-order valence-electron chi connectivity index (χ1n) is 11.5. The van der Waals surface area contributed by atoms with Crippen molar-refractivity contribution < 1.29 is 36.3 Å². The second kappa shape index (κ2) is 12.2. The number of aromatic nitrogens is 7. The average molecular weight is 614 g/mol. The molecule has 1 atom stereocenters. The van der Waals surface area contributed by atoms with E-state index in [2.05, 4.69) is 40.4 Å². The summed E-state index contributed by atoms with van der Waals surface area (Å²) in [5, 5.41) is 7.46. The first-order valence-corrected chi connectivity index (χ1v) is 11.9. The van der Waals surface area contributed by atoms with Crippen LogP contribution in [-0.4, -0.2) is 58.9 Å². The Bertz CT molecular complexity index is 1620. The molecule has 4 rings (SSSR count). The summed E-state index contributed by atoms with van der Waals surface area (Å²) in [7, 11) is 0. The van der Waals surface area contributed by atoms with Crippen molar-refractivity contribution in [1.82, 2.24) is 39.6 Å². The van der Waals surface area contributed by atoms with Crippen LogP contribution in [0, 0.1) is 0 Å². The minimum Gasteiger partial charge on any atom is -0.425 e. The Balaban J connectivity index is 1.63. The Kier molecular flexibility index (Phi) is 8.74. The van der Waals surface area contributed by atoms with Gasteiger partial charge in [-0.1, -0.05) is 17.7 Å². The van der Waals surface area contributed by atoms with Crippen LogP contribution in [0.25, 0.3) is 5.69 Å². The van der Waals surface area contributed by atoms with Gasteiger partial charge in [-0.2, -0.15) is 27.1 Å². The summed E-state index contributed by atoms with van der Waals surface area (Å²) < 4.78 is 74.1. The summed E-state index contributed by atoms with van der Waals surface area (Å²) in [5.74, 6) is -8.74. The van der Waals surface area contributed by atoms with Crippen LogP contribution in [0.1, 0.15) is 17.6 Å². The van der Waals surface area contributed by atoms with E-state index >= 15 is 0 Å². The van der Waals surface area contributed by atoms with Gasteiger partial charge in [-0.15, -0.1) is 0 Å². The van der Waals surface area contributed by atoms with Crippen LogP contribution >= 0.6 is 11.6 Å². The molecule has 1 amide bonds. The number of amides is 1. The number of alkyl halides is 5. The first-order chi connectivity index (χ1) is 19.9. The Hall–Kier alpha value is -5.00. The number of carbonyl (C=O) groups excluding carboxylic acids is 2. The van der Waals surface area contributed by atoms with Crippen LogP contribution in [0.2, 0.25) is 5.15 Å². The molecule has 0 saturated carbocycles. The molecule has 0 saturated heterocycles. The van der Waals surface area contributed by atoms with Crippen molar-refractivity contribution in [3.8, 4) is 5.69 Å². The van der Waals surface area contributed by atoms with E-state index in [1.54, 1.807) is 12.1 Å². The number of esters is 1. The van der Waals surface area contributed by atoms with Gasteiger partial charge < -0.3 is 15.4 Å². The van der Waals surface area contributed by atoms with Gasteiger partial charge in [0.05, 0.1) is 30.7 Å². The fourth-order valence-electron chi connectivity index (χ4n) is 3.41. The third-order valence-electron chi connectivity index (χ3n) is 5.34. The van der Waals surface area contributed by atoms with E-state index in [0.717, 1.165) is 12.3 Å². The molecular weight excluding hydrogens is 597 g/mol. The number of carbonyl (C=O) groups is 2. The van der Waals surface area contributed by atoms with Gasteiger partial charge in [0.1, 0.15) is 23.5 Å². The molecule has 4 heterocycles. The number of anilines is 1. The highest BCUT2D eigenvalue weighted by Crippen LogP contribution is 2.26. The van der Waals surface area contributed by atoms with E-state index in [1.165, 1.54) is 35.7 Å². The molecular formula is C23H17ClF5N9O4. The highest BCUT2D eigenvalue weighted by Gasteiger charge is 2.44. The van der Waals surface area contributed by atoms with E-state index in [0.29, 0.717) is 11.9 Å². The first kappa shape index (κ1) is 30.0. The van der Waals surface area contributed by atoms with Gasteiger partial charge in [0.25, 0.3) is 17.7 Å². The summed E-state index contributed by atoms with van der Waals surface area (Å²) in [6.07, 6.45) is -2.52. The third-order valence-corrected chi connectivity index (χ3v) is 5.62. The molecule has 19 heteroatoms. The Morgan fingerprint density at radius 1 is 1.05 bits per heavy atom. The molecule has 0 radical (unpaired) electrons. The SMILES string of the molecule is O=C(NCc1ncccc1-n1cncn1)C(OC(=O)C(F)(F)F)n1c(Cl)cnc(NCC(F)(F)c2ccccn2)c1=O. The lowest BCUT2D eigenvalue weighted by Gasteiger charge is -2.22. The molecule has 0 bridgehead atoms. The van der Waals surface area contributed by atoms with Crippen LogP contribution in [0.5, 0.6) is 0 Å². The topological polar surface area (TPSA) is 159 Å². The maximum absolute atomic E-state index is 14.6. The van der Waals surface area contributed by atoms with E-state index in [-0.39, 0.29) is 10.3 Å². The maximum Gasteiger partial charge on any atom is 0.491 e. The van der Waals surface area contributed by atoms with Crippen molar-refractivity contribution in [2.45, 2.75) is 24.9 Å². The summed E-state index contributed by atoms with van der Waals surface area (Å²) in [6, 6.07) is 6.83. The number of pyridine rings is 2. The number of nitrogens with zero attached hydrogens (tertiary/aromatic N) is 7. The summed E-state index contributed by atoms with van der Waals surface area (Å²) in [4.78, 5) is 52.9. The van der Waals surface area contributed by atoms with Crippen molar-refractivity contribution in [3.63, 3.8) is 0 Å². The molecule has 0 aliphatic rings. The van der Waals surface area contributed by atoms with E-state index in [9.17, 15) is 36.3 Å². The van der Waals surface area contributed by atoms with Crippen LogP contribution < -0.4 is 16.2 Å². The predicted molar refractivity (Wildman–Crippen MR) is 132 cm³/mol. The monoisotopic (exact) mass is 613 g/mol. The van der Waals surface area contributed by atoms with E-state index < -0.39 is 65.5 Å². The van der Waals surface area contributed by atoms with Gasteiger partial charge in [-0.05, 0) is 24.3 Å². The lowest BCUT2D eigenvalue weighted by atomic mass is 10.2. The smallest absolute Gasteiger partial charge is 0.425 e. The zero-order valence-corrected chi connectivity index (χ0v) is 21.6. The number of hydrogen-bond acceptors (Lipinski definition) is 10. The number of rotatable bonds is 10. The molecule has 0 aliphatic carbocycles.